The summed E-state index contributed by atoms with van der Waals surface area (Å²) >= 11 is 0. The van der Waals surface area contributed by atoms with Gasteiger partial charge in [-0.05, 0) is 18.4 Å². The third-order valence-corrected chi connectivity index (χ3v) is 4.44. The summed E-state index contributed by atoms with van der Waals surface area (Å²) in [5.41, 5.74) is 7.08. The fourth-order valence-electron chi connectivity index (χ4n) is 3.43. The van der Waals surface area contributed by atoms with E-state index in [1.807, 2.05) is 0 Å². The van der Waals surface area contributed by atoms with Crippen LogP contribution in [0.4, 0.5) is 0 Å². The second-order valence-corrected chi connectivity index (χ2v) is 6.18. The molecular weight excluding hydrogens is 264 g/mol. The van der Waals surface area contributed by atoms with Gasteiger partial charge in [0.2, 0.25) is 0 Å². The topological polar surface area (TPSA) is 47.7 Å². The first-order valence-corrected chi connectivity index (χ1v) is 8.08. The van der Waals surface area contributed by atoms with Crippen LogP contribution in [0.5, 0.6) is 0 Å². The summed E-state index contributed by atoms with van der Waals surface area (Å²) in [4.78, 5) is 2.37. The van der Waals surface area contributed by atoms with E-state index in [4.69, 9.17) is 15.2 Å². The highest BCUT2D eigenvalue weighted by Gasteiger charge is 2.43. The Morgan fingerprint density at radius 3 is 2.67 bits per heavy atom. The fraction of sp³-hybridized carbons (Fsp3) is 0.647. The van der Waals surface area contributed by atoms with E-state index >= 15 is 0 Å². The van der Waals surface area contributed by atoms with E-state index in [9.17, 15) is 0 Å². The highest BCUT2D eigenvalue weighted by Crippen LogP contribution is 2.39. The Bertz CT molecular complexity index is 432. The summed E-state index contributed by atoms with van der Waals surface area (Å²) < 4.78 is 12.2. The molecule has 1 atom stereocenters. The molecule has 1 aliphatic carbocycles. The number of hydrogen-bond donors (Lipinski definition) is 1. The van der Waals surface area contributed by atoms with E-state index in [0.717, 1.165) is 39.1 Å². The maximum absolute atomic E-state index is 6.22. The Morgan fingerprint density at radius 2 is 1.95 bits per heavy atom. The molecule has 1 saturated carbocycles. The maximum Gasteiger partial charge on any atom is 0.168 e. The molecule has 1 saturated heterocycles. The fourth-order valence-corrected chi connectivity index (χ4v) is 3.43. The van der Waals surface area contributed by atoms with Crippen LogP contribution >= 0.6 is 0 Å². The van der Waals surface area contributed by atoms with Gasteiger partial charge in [-0.2, -0.15) is 0 Å². The molecule has 1 unspecified atom stereocenters. The van der Waals surface area contributed by atoms with Gasteiger partial charge in [0.15, 0.2) is 5.79 Å². The molecular formula is C17H26N2O2. The minimum atomic E-state index is -0.258. The Hall–Kier alpha value is -0.940. The van der Waals surface area contributed by atoms with Crippen molar-refractivity contribution in [1.82, 2.24) is 4.90 Å². The lowest BCUT2D eigenvalue weighted by molar-refractivity contribution is -0.163. The van der Waals surface area contributed by atoms with E-state index in [1.54, 1.807) is 0 Å². The molecule has 1 spiro atoms. The molecule has 4 heteroatoms. The molecule has 3 rings (SSSR count). The van der Waals surface area contributed by atoms with E-state index < -0.39 is 0 Å². The predicted molar refractivity (Wildman–Crippen MR) is 82.8 cm³/mol. The Balaban J connectivity index is 1.55. The van der Waals surface area contributed by atoms with Crippen LogP contribution < -0.4 is 5.73 Å². The van der Waals surface area contributed by atoms with Crippen molar-refractivity contribution in [2.45, 2.75) is 44.1 Å². The van der Waals surface area contributed by atoms with Crippen LogP contribution in [0.15, 0.2) is 30.3 Å². The molecule has 0 aromatic heterocycles. The maximum atomic E-state index is 6.22. The second kappa shape index (κ2) is 6.88. The first kappa shape index (κ1) is 15.0. The minimum absolute atomic E-state index is 0.179. The quantitative estimate of drug-likeness (QED) is 0.872. The zero-order chi connectivity index (χ0) is 14.5. The molecule has 1 aliphatic heterocycles. The molecule has 1 heterocycles. The molecule has 0 radical (unpaired) electrons. The molecule has 4 nitrogen and oxygen atoms in total. The van der Waals surface area contributed by atoms with Crippen molar-refractivity contribution in [3.8, 4) is 0 Å². The van der Waals surface area contributed by atoms with Gasteiger partial charge in [0, 0.05) is 39.0 Å². The van der Waals surface area contributed by atoms with E-state index in [2.05, 4.69) is 35.2 Å². The average Bonchev–Trinajstić information content (AvgIpc) is 3.11. The smallest absolute Gasteiger partial charge is 0.168 e. The van der Waals surface area contributed by atoms with Crippen LogP contribution in [0.2, 0.25) is 0 Å². The average molecular weight is 290 g/mol. The van der Waals surface area contributed by atoms with Gasteiger partial charge in [-0.1, -0.05) is 30.3 Å². The SMILES string of the molecule is NCCN(Cc1ccccc1)CC1COC2(CCCC2)O1. The normalized spacial score (nSPS) is 24.2. The van der Waals surface area contributed by atoms with E-state index in [0.29, 0.717) is 6.54 Å². The molecule has 0 bridgehead atoms. The Labute approximate surface area is 127 Å². The number of rotatable bonds is 6. The van der Waals surface area contributed by atoms with Gasteiger partial charge in [0.1, 0.15) is 0 Å². The molecule has 1 aromatic carbocycles. The van der Waals surface area contributed by atoms with E-state index in [1.165, 1.54) is 18.4 Å². The van der Waals surface area contributed by atoms with Crippen molar-refractivity contribution < 1.29 is 9.47 Å². The predicted octanol–water partition coefficient (Wildman–Crippen LogP) is 2.13. The lowest BCUT2D eigenvalue weighted by atomic mass is 10.2. The highest BCUT2D eigenvalue weighted by atomic mass is 16.7. The first-order chi connectivity index (χ1) is 10.3. The number of benzene rings is 1. The third kappa shape index (κ3) is 3.83. The van der Waals surface area contributed by atoms with Gasteiger partial charge in [-0.25, -0.2) is 0 Å². The van der Waals surface area contributed by atoms with Gasteiger partial charge in [0.25, 0.3) is 0 Å². The van der Waals surface area contributed by atoms with Crippen molar-refractivity contribution in [2.75, 3.05) is 26.2 Å². The van der Waals surface area contributed by atoms with Crippen molar-refractivity contribution >= 4 is 0 Å². The van der Waals surface area contributed by atoms with Crippen LogP contribution in [0.25, 0.3) is 0 Å². The molecule has 116 valence electrons. The summed E-state index contributed by atoms with van der Waals surface area (Å²) in [5, 5.41) is 0. The van der Waals surface area contributed by atoms with Gasteiger partial charge in [0.05, 0.1) is 12.7 Å². The van der Waals surface area contributed by atoms with E-state index in [-0.39, 0.29) is 11.9 Å². The summed E-state index contributed by atoms with van der Waals surface area (Å²) in [7, 11) is 0. The molecule has 0 amide bonds. The Morgan fingerprint density at radius 1 is 1.19 bits per heavy atom. The number of nitrogens with two attached hydrogens (primary N) is 1. The number of nitrogens with zero attached hydrogens (tertiary/aromatic N) is 1. The summed E-state index contributed by atoms with van der Waals surface area (Å²) in [6.45, 7) is 4.10. The van der Waals surface area contributed by atoms with Crippen molar-refractivity contribution in [1.29, 1.82) is 0 Å². The number of ether oxygens (including phenoxy) is 2. The van der Waals surface area contributed by atoms with Gasteiger partial charge in [-0.3, -0.25) is 4.90 Å². The largest absolute Gasteiger partial charge is 0.347 e. The van der Waals surface area contributed by atoms with Gasteiger partial charge in [-0.15, -0.1) is 0 Å². The standard InChI is InChI=1S/C17H26N2O2/c18-10-11-19(12-15-6-2-1-3-7-15)13-16-14-20-17(21-16)8-4-5-9-17/h1-3,6-7,16H,4-5,8-14,18H2. The molecule has 2 aliphatic rings. The van der Waals surface area contributed by atoms with Crippen LogP contribution in [-0.2, 0) is 16.0 Å². The molecule has 1 aromatic rings. The zero-order valence-electron chi connectivity index (χ0n) is 12.7. The van der Waals surface area contributed by atoms with Crippen molar-refractivity contribution in [2.24, 2.45) is 5.73 Å². The highest BCUT2D eigenvalue weighted by molar-refractivity contribution is 5.14. The molecule has 2 N–H and O–H groups in total. The van der Waals surface area contributed by atoms with Crippen LogP contribution in [0.3, 0.4) is 0 Å². The number of hydrogen-bond acceptors (Lipinski definition) is 4. The van der Waals surface area contributed by atoms with Crippen LogP contribution in [0, 0.1) is 0 Å². The first-order valence-electron chi connectivity index (χ1n) is 8.08. The summed E-state index contributed by atoms with van der Waals surface area (Å²) in [6.07, 6.45) is 4.74. The lowest BCUT2D eigenvalue weighted by Crippen LogP contribution is -2.37. The van der Waals surface area contributed by atoms with Crippen LogP contribution in [-0.4, -0.2) is 43.0 Å². The van der Waals surface area contributed by atoms with Gasteiger partial charge < -0.3 is 15.2 Å². The van der Waals surface area contributed by atoms with Gasteiger partial charge >= 0.3 is 0 Å². The Kier molecular flexibility index (Phi) is 4.91. The summed E-state index contributed by atoms with van der Waals surface area (Å²) in [6, 6.07) is 10.5. The van der Waals surface area contributed by atoms with Crippen molar-refractivity contribution in [3.63, 3.8) is 0 Å². The second-order valence-electron chi connectivity index (χ2n) is 6.18. The third-order valence-electron chi connectivity index (χ3n) is 4.44. The molecule has 2 fully saturated rings. The lowest BCUT2D eigenvalue weighted by Gasteiger charge is -2.26. The summed E-state index contributed by atoms with van der Waals surface area (Å²) in [5.74, 6) is -0.258. The minimum Gasteiger partial charge on any atom is -0.347 e. The van der Waals surface area contributed by atoms with Crippen LogP contribution in [0.1, 0.15) is 31.2 Å². The zero-order valence-corrected chi connectivity index (χ0v) is 12.7. The monoisotopic (exact) mass is 290 g/mol. The molecule has 21 heavy (non-hydrogen) atoms. The van der Waals surface area contributed by atoms with Crippen molar-refractivity contribution in [3.05, 3.63) is 35.9 Å².